The molecule has 1 heterocycles. The first-order chi connectivity index (χ1) is 9.64. The molecule has 6 nitrogen and oxygen atoms in total. The lowest BCUT2D eigenvalue weighted by Gasteiger charge is -2.17. The number of hydrogen-bond acceptors (Lipinski definition) is 3. The van der Waals surface area contributed by atoms with E-state index in [1.807, 2.05) is 0 Å². The number of carbonyl (C=O) groups is 1. The Bertz CT molecular complexity index is 646. The Morgan fingerprint density at radius 2 is 2.19 bits per heavy atom. The molecule has 2 N–H and O–H groups in total. The van der Waals surface area contributed by atoms with Gasteiger partial charge in [0.15, 0.2) is 0 Å². The first kappa shape index (κ1) is 16.0. The molecule has 21 heavy (non-hydrogen) atoms. The number of hydrogen-bond donors (Lipinski definition) is 2. The first-order valence-corrected chi connectivity index (χ1v) is 8.59. The van der Waals surface area contributed by atoms with Gasteiger partial charge in [0, 0.05) is 18.8 Å². The van der Waals surface area contributed by atoms with Gasteiger partial charge in [0.25, 0.3) is 0 Å². The molecule has 7 heteroatoms. The second kappa shape index (κ2) is 5.46. The van der Waals surface area contributed by atoms with E-state index in [2.05, 4.69) is 18.6 Å². The highest BCUT2D eigenvalue weighted by molar-refractivity contribution is 7.89. The Labute approximate surface area is 125 Å². The van der Waals surface area contributed by atoms with Gasteiger partial charge in [-0.3, -0.25) is 0 Å². The van der Waals surface area contributed by atoms with Crippen molar-refractivity contribution in [2.45, 2.75) is 57.5 Å². The Morgan fingerprint density at radius 3 is 2.62 bits per heavy atom. The van der Waals surface area contributed by atoms with Crippen LogP contribution in [0.4, 0.5) is 0 Å². The van der Waals surface area contributed by atoms with E-state index in [-0.39, 0.29) is 22.0 Å². The fourth-order valence-electron chi connectivity index (χ4n) is 2.90. The molecule has 0 aliphatic heterocycles. The predicted octanol–water partition coefficient (Wildman–Crippen LogP) is 2.06. The fraction of sp³-hybridized carbons (Fsp3) is 0.643. The summed E-state index contributed by atoms with van der Waals surface area (Å²) in [4.78, 5) is 11.1. The highest BCUT2D eigenvalue weighted by atomic mass is 32.2. The van der Waals surface area contributed by atoms with E-state index in [1.165, 1.54) is 16.8 Å². The minimum absolute atomic E-state index is 0.00960. The normalized spacial score (nSPS) is 21.6. The highest BCUT2D eigenvalue weighted by Gasteiger charge is 2.34. The number of sulfonamides is 1. The summed E-state index contributed by atoms with van der Waals surface area (Å²) < 4.78 is 28.9. The summed E-state index contributed by atoms with van der Waals surface area (Å²) in [5, 5.41) is 9.09. The third-order valence-corrected chi connectivity index (χ3v) is 5.52. The molecule has 1 aliphatic carbocycles. The van der Waals surface area contributed by atoms with Crippen molar-refractivity contribution in [2.24, 2.45) is 5.41 Å². The maximum absolute atomic E-state index is 12.4. The second-order valence-corrected chi connectivity index (χ2v) is 8.09. The molecule has 0 radical (unpaired) electrons. The van der Waals surface area contributed by atoms with Gasteiger partial charge in [0.1, 0.15) is 10.6 Å². The maximum atomic E-state index is 12.4. The minimum Gasteiger partial charge on any atom is -0.477 e. The number of carboxylic acids is 1. The van der Waals surface area contributed by atoms with Crippen LogP contribution in [0.15, 0.2) is 17.2 Å². The molecule has 1 saturated carbocycles. The summed E-state index contributed by atoms with van der Waals surface area (Å²) in [7, 11) is -3.67. The summed E-state index contributed by atoms with van der Waals surface area (Å²) in [6.07, 6.45) is 3.97. The first-order valence-electron chi connectivity index (χ1n) is 7.10. The smallest absolute Gasteiger partial charge is 0.352 e. The van der Waals surface area contributed by atoms with Crippen LogP contribution in [0.5, 0.6) is 0 Å². The number of carboxylic acid groups (broad SMARTS) is 1. The number of aryl methyl sites for hydroxylation is 1. The van der Waals surface area contributed by atoms with Crippen LogP contribution >= 0.6 is 0 Å². The molecule has 1 aromatic rings. The standard InChI is InChI=1S/C14H22N2O4S/c1-4-16-9-11(7-12(16)13(17)18)21(19,20)15-10-5-6-14(2,3)8-10/h7,9-10,15H,4-6,8H2,1-3H3,(H,17,18). The lowest BCUT2D eigenvalue weighted by Crippen LogP contribution is -2.33. The Balaban J connectivity index is 2.22. The largest absolute Gasteiger partial charge is 0.477 e. The molecule has 0 saturated heterocycles. The molecule has 1 atom stereocenters. The summed E-state index contributed by atoms with van der Waals surface area (Å²) in [5.74, 6) is -1.12. The number of nitrogens with zero attached hydrogens (tertiary/aromatic N) is 1. The van der Waals surface area contributed by atoms with Crippen LogP contribution in [-0.2, 0) is 16.6 Å². The lowest BCUT2D eigenvalue weighted by molar-refractivity contribution is 0.0685. The Morgan fingerprint density at radius 1 is 1.52 bits per heavy atom. The van der Waals surface area contributed by atoms with Crippen molar-refractivity contribution in [1.29, 1.82) is 0 Å². The molecule has 1 unspecified atom stereocenters. The molecule has 2 rings (SSSR count). The van der Waals surface area contributed by atoms with Crippen molar-refractivity contribution in [1.82, 2.24) is 9.29 Å². The van der Waals surface area contributed by atoms with Crippen LogP contribution in [0.1, 0.15) is 50.5 Å². The van der Waals surface area contributed by atoms with Crippen molar-refractivity contribution < 1.29 is 18.3 Å². The summed E-state index contributed by atoms with van der Waals surface area (Å²) in [5.41, 5.74) is 0.138. The molecular weight excluding hydrogens is 292 g/mol. The van der Waals surface area contributed by atoms with Crippen LogP contribution in [0.25, 0.3) is 0 Å². The molecular formula is C14H22N2O4S. The van der Waals surface area contributed by atoms with E-state index in [0.29, 0.717) is 6.54 Å². The summed E-state index contributed by atoms with van der Waals surface area (Å²) in [6, 6.07) is 1.14. The Hall–Kier alpha value is -1.34. The Kier molecular flexibility index (Phi) is 4.17. The summed E-state index contributed by atoms with van der Waals surface area (Å²) >= 11 is 0. The average Bonchev–Trinajstić information content (AvgIpc) is 2.92. The van der Waals surface area contributed by atoms with Crippen molar-refractivity contribution >= 4 is 16.0 Å². The molecule has 1 aliphatic rings. The van der Waals surface area contributed by atoms with Crippen LogP contribution in [-0.4, -0.2) is 30.1 Å². The fourth-order valence-corrected chi connectivity index (χ4v) is 4.20. The average molecular weight is 314 g/mol. The van der Waals surface area contributed by atoms with E-state index < -0.39 is 16.0 Å². The van der Waals surface area contributed by atoms with Gasteiger partial charge in [-0.15, -0.1) is 0 Å². The molecule has 0 aromatic carbocycles. The van der Waals surface area contributed by atoms with Crippen LogP contribution in [0, 0.1) is 5.41 Å². The van der Waals surface area contributed by atoms with E-state index in [0.717, 1.165) is 19.3 Å². The van der Waals surface area contributed by atoms with Gasteiger partial charge in [-0.25, -0.2) is 17.9 Å². The van der Waals surface area contributed by atoms with Gasteiger partial charge in [0.2, 0.25) is 10.0 Å². The lowest BCUT2D eigenvalue weighted by atomic mass is 9.92. The van der Waals surface area contributed by atoms with Gasteiger partial charge >= 0.3 is 5.97 Å². The van der Waals surface area contributed by atoms with Crippen molar-refractivity contribution in [3.05, 3.63) is 18.0 Å². The van der Waals surface area contributed by atoms with Crippen LogP contribution < -0.4 is 4.72 Å². The van der Waals surface area contributed by atoms with Gasteiger partial charge in [-0.05, 0) is 37.7 Å². The SMILES string of the molecule is CCn1cc(S(=O)(=O)NC2CCC(C)(C)C2)cc1C(=O)O. The van der Waals surface area contributed by atoms with E-state index in [9.17, 15) is 13.2 Å². The number of nitrogens with one attached hydrogen (secondary N) is 1. The van der Waals surface area contributed by atoms with Gasteiger partial charge in [-0.2, -0.15) is 0 Å². The number of aromatic nitrogens is 1. The quantitative estimate of drug-likeness (QED) is 0.870. The molecule has 1 aromatic heterocycles. The topological polar surface area (TPSA) is 88.4 Å². The zero-order valence-electron chi connectivity index (χ0n) is 12.6. The van der Waals surface area contributed by atoms with Gasteiger partial charge in [0.05, 0.1) is 0 Å². The monoisotopic (exact) mass is 314 g/mol. The third kappa shape index (κ3) is 3.47. The van der Waals surface area contributed by atoms with Crippen molar-refractivity contribution in [3.63, 3.8) is 0 Å². The van der Waals surface area contributed by atoms with Gasteiger partial charge < -0.3 is 9.67 Å². The zero-order chi connectivity index (χ0) is 15.8. The third-order valence-electron chi connectivity index (χ3n) is 4.03. The molecule has 0 amide bonds. The maximum Gasteiger partial charge on any atom is 0.352 e. The minimum atomic E-state index is -3.67. The predicted molar refractivity (Wildman–Crippen MR) is 78.8 cm³/mol. The molecule has 0 bridgehead atoms. The molecule has 1 fully saturated rings. The van der Waals surface area contributed by atoms with Crippen molar-refractivity contribution in [2.75, 3.05) is 0 Å². The van der Waals surface area contributed by atoms with E-state index in [4.69, 9.17) is 5.11 Å². The van der Waals surface area contributed by atoms with Crippen molar-refractivity contribution in [3.8, 4) is 0 Å². The van der Waals surface area contributed by atoms with Gasteiger partial charge in [-0.1, -0.05) is 13.8 Å². The van der Waals surface area contributed by atoms with Crippen LogP contribution in [0.2, 0.25) is 0 Å². The number of rotatable bonds is 5. The van der Waals surface area contributed by atoms with E-state index >= 15 is 0 Å². The highest BCUT2D eigenvalue weighted by Crippen LogP contribution is 2.37. The molecule has 118 valence electrons. The summed E-state index contributed by atoms with van der Waals surface area (Å²) in [6.45, 7) is 6.43. The number of aromatic carboxylic acids is 1. The van der Waals surface area contributed by atoms with Crippen LogP contribution in [0.3, 0.4) is 0 Å². The second-order valence-electron chi connectivity index (χ2n) is 6.38. The zero-order valence-corrected chi connectivity index (χ0v) is 13.4. The van der Waals surface area contributed by atoms with E-state index in [1.54, 1.807) is 6.92 Å². The molecule has 0 spiro atoms.